The number of nitrogens with zero attached hydrogens (tertiary/aromatic N) is 5. The molecule has 1 aliphatic heterocycles. The first-order valence-corrected chi connectivity index (χ1v) is 6.84. The smallest absolute Gasteiger partial charge is 0.203 e. The second kappa shape index (κ2) is 5.10. The van der Waals surface area contributed by atoms with E-state index in [-0.39, 0.29) is 12.1 Å². The van der Waals surface area contributed by atoms with Gasteiger partial charge in [-0.05, 0) is 12.5 Å². The number of anilines is 1. The highest BCUT2D eigenvalue weighted by atomic mass is 16.5. The van der Waals surface area contributed by atoms with Crippen LogP contribution in [0.2, 0.25) is 0 Å². The summed E-state index contributed by atoms with van der Waals surface area (Å²) < 4.78 is 7.68. The molecule has 2 atom stereocenters. The quantitative estimate of drug-likeness (QED) is 0.783. The van der Waals surface area contributed by atoms with Crippen LogP contribution in [0, 0.1) is 0 Å². The Morgan fingerprint density at radius 2 is 2.33 bits per heavy atom. The third kappa shape index (κ3) is 2.21. The van der Waals surface area contributed by atoms with Crippen molar-refractivity contribution in [3.05, 3.63) is 48.8 Å². The van der Waals surface area contributed by atoms with Gasteiger partial charge in [0, 0.05) is 37.0 Å². The van der Waals surface area contributed by atoms with Gasteiger partial charge in [-0.25, -0.2) is 4.98 Å². The van der Waals surface area contributed by atoms with Crippen molar-refractivity contribution in [1.82, 2.24) is 24.6 Å². The van der Waals surface area contributed by atoms with Gasteiger partial charge in [-0.1, -0.05) is 6.07 Å². The van der Waals surface area contributed by atoms with Crippen LogP contribution in [0.3, 0.4) is 0 Å². The summed E-state index contributed by atoms with van der Waals surface area (Å²) in [6.45, 7) is 0.715. The molecule has 4 rings (SSSR count). The standard InChI is InChI=1S/C14H14N6O/c1-2-10(8-15-4-1)12-11(3-7-21-12)18-13-14-19-17-9-20(14)6-5-16-13/h1-2,4-6,8-9,11-12H,3,7H2,(H,16,18)/t11-,12+/m0/s1. The van der Waals surface area contributed by atoms with Gasteiger partial charge in [0.1, 0.15) is 12.4 Å². The zero-order valence-electron chi connectivity index (χ0n) is 11.3. The fourth-order valence-corrected chi connectivity index (χ4v) is 2.65. The van der Waals surface area contributed by atoms with Crippen LogP contribution in [0.4, 0.5) is 5.82 Å². The van der Waals surface area contributed by atoms with E-state index in [9.17, 15) is 0 Å². The van der Waals surface area contributed by atoms with Crippen molar-refractivity contribution in [1.29, 1.82) is 0 Å². The van der Waals surface area contributed by atoms with Gasteiger partial charge in [0.15, 0.2) is 5.82 Å². The molecular formula is C14H14N6O. The van der Waals surface area contributed by atoms with Crippen molar-refractivity contribution in [2.45, 2.75) is 18.6 Å². The molecule has 0 saturated carbocycles. The molecule has 3 aromatic rings. The molecule has 0 spiro atoms. The molecule has 0 bridgehead atoms. The van der Waals surface area contributed by atoms with Gasteiger partial charge in [0.25, 0.3) is 0 Å². The summed E-state index contributed by atoms with van der Waals surface area (Å²) in [5.41, 5.74) is 1.79. The highest BCUT2D eigenvalue weighted by molar-refractivity contribution is 5.62. The summed E-state index contributed by atoms with van der Waals surface area (Å²) in [6, 6.07) is 4.10. The lowest BCUT2D eigenvalue weighted by atomic mass is 10.0. The average molecular weight is 282 g/mol. The first-order chi connectivity index (χ1) is 10.4. The molecule has 106 valence electrons. The van der Waals surface area contributed by atoms with Crippen LogP contribution < -0.4 is 5.32 Å². The highest BCUT2D eigenvalue weighted by Gasteiger charge is 2.30. The topological polar surface area (TPSA) is 77.2 Å². The second-order valence-electron chi connectivity index (χ2n) is 4.95. The fourth-order valence-electron chi connectivity index (χ4n) is 2.65. The zero-order chi connectivity index (χ0) is 14.1. The average Bonchev–Trinajstić information content (AvgIpc) is 3.17. The molecule has 3 aromatic heterocycles. The Morgan fingerprint density at radius 1 is 1.33 bits per heavy atom. The normalized spacial score (nSPS) is 21.7. The molecule has 0 radical (unpaired) electrons. The number of pyridine rings is 1. The number of rotatable bonds is 3. The first-order valence-electron chi connectivity index (χ1n) is 6.84. The van der Waals surface area contributed by atoms with E-state index < -0.39 is 0 Å². The van der Waals surface area contributed by atoms with Gasteiger partial charge in [0.2, 0.25) is 5.65 Å². The maximum Gasteiger partial charge on any atom is 0.203 e. The van der Waals surface area contributed by atoms with Crippen LogP contribution in [0.5, 0.6) is 0 Å². The van der Waals surface area contributed by atoms with E-state index in [4.69, 9.17) is 4.74 Å². The van der Waals surface area contributed by atoms with Crippen molar-refractivity contribution in [2.24, 2.45) is 0 Å². The van der Waals surface area contributed by atoms with E-state index in [1.54, 1.807) is 18.7 Å². The maximum atomic E-state index is 5.84. The predicted octanol–water partition coefficient (Wildman–Crippen LogP) is 1.46. The molecule has 21 heavy (non-hydrogen) atoms. The minimum atomic E-state index is -0.0244. The van der Waals surface area contributed by atoms with E-state index in [1.807, 2.05) is 28.9 Å². The second-order valence-corrected chi connectivity index (χ2v) is 4.95. The number of hydrogen-bond donors (Lipinski definition) is 1. The Bertz CT molecular complexity index is 743. The van der Waals surface area contributed by atoms with Gasteiger partial charge < -0.3 is 10.1 Å². The lowest BCUT2D eigenvalue weighted by molar-refractivity contribution is 0.107. The lowest BCUT2D eigenvalue weighted by Gasteiger charge is -2.20. The lowest BCUT2D eigenvalue weighted by Crippen LogP contribution is -2.24. The van der Waals surface area contributed by atoms with Crippen molar-refractivity contribution in [3.8, 4) is 0 Å². The largest absolute Gasteiger partial charge is 0.371 e. The molecular weight excluding hydrogens is 268 g/mol. The maximum absolute atomic E-state index is 5.84. The Hall–Kier alpha value is -2.54. The fraction of sp³-hybridized carbons (Fsp3) is 0.286. The molecule has 7 nitrogen and oxygen atoms in total. The number of fused-ring (bicyclic) bond motifs is 1. The van der Waals surface area contributed by atoms with Gasteiger partial charge in [-0.3, -0.25) is 9.38 Å². The molecule has 0 aliphatic carbocycles. The van der Waals surface area contributed by atoms with Crippen LogP contribution in [0.15, 0.2) is 43.2 Å². The molecule has 0 amide bonds. The van der Waals surface area contributed by atoms with Gasteiger partial charge in [0.05, 0.1) is 6.04 Å². The molecule has 0 aromatic carbocycles. The predicted molar refractivity (Wildman–Crippen MR) is 75.7 cm³/mol. The summed E-state index contributed by atoms with van der Waals surface area (Å²) in [7, 11) is 0. The minimum absolute atomic E-state index is 0.0244. The Balaban J connectivity index is 1.63. The zero-order valence-corrected chi connectivity index (χ0v) is 11.3. The summed E-state index contributed by atoms with van der Waals surface area (Å²) in [4.78, 5) is 8.53. The summed E-state index contributed by atoms with van der Waals surface area (Å²) in [5, 5.41) is 11.4. The minimum Gasteiger partial charge on any atom is -0.371 e. The monoisotopic (exact) mass is 282 g/mol. The van der Waals surface area contributed by atoms with Gasteiger partial charge >= 0.3 is 0 Å². The molecule has 1 N–H and O–H groups in total. The van der Waals surface area contributed by atoms with Crippen LogP contribution in [-0.4, -0.2) is 37.2 Å². The van der Waals surface area contributed by atoms with E-state index in [0.717, 1.165) is 17.8 Å². The molecule has 0 unspecified atom stereocenters. The van der Waals surface area contributed by atoms with Gasteiger partial charge in [-0.15, -0.1) is 10.2 Å². The van der Waals surface area contributed by atoms with E-state index >= 15 is 0 Å². The number of hydrogen-bond acceptors (Lipinski definition) is 6. The van der Waals surface area contributed by atoms with Crippen molar-refractivity contribution < 1.29 is 4.74 Å². The Kier molecular flexibility index (Phi) is 2.97. The summed E-state index contributed by atoms with van der Waals surface area (Å²) in [6.07, 6.45) is 9.71. The number of ether oxygens (including phenoxy) is 1. The molecule has 1 fully saturated rings. The third-order valence-electron chi connectivity index (χ3n) is 3.64. The van der Waals surface area contributed by atoms with Gasteiger partial charge in [-0.2, -0.15) is 0 Å². The molecule has 1 aliphatic rings. The molecule has 1 saturated heterocycles. The van der Waals surface area contributed by atoms with Crippen LogP contribution in [0.25, 0.3) is 5.65 Å². The van der Waals surface area contributed by atoms with E-state index in [1.165, 1.54) is 0 Å². The van der Waals surface area contributed by atoms with Crippen LogP contribution in [0.1, 0.15) is 18.1 Å². The molecule has 4 heterocycles. The SMILES string of the molecule is c1cncc([C@H]2OCC[C@@H]2Nc2nccn3cnnc23)c1. The summed E-state index contributed by atoms with van der Waals surface area (Å²) >= 11 is 0. The van der Waals surface area contributed by atoms with E-state index in [0.29, 0.717) is 12.3 Å². The van der Waals surface area contributed by atoms with Crippen molar-refractivity contribution in [3.63, 3.8) is 0 Å². The van der Waals surface area contributed by atoms with Crippen LogP contribution in [-0.2, 0) is 4.74 Å². The Morgan fingerprint density at radius 3 is 3.24 bits per heavy atom. The summed E-state index contributed by atoms with van der Waals surface area (Å²) in [5.74, 6) is 0.722. The Labute approximate surface area is 121 Å². The van der Waals surface area contributed by atoms with Crippen LogP contribution >= 0.6 is 0 Å². The van der Waals surface area contributed by atoms with E-state index in [2.05, 4.69) is 25.5 Å². The van der Waals surface area contributed by atoms with Crippen molar-refractivity contribution >= 4 is 11.5 Å². The number of nitrogens with one attached hydrogen (secondary N) is 1. The number of aromatic nitrogens is 5. The third-order valence-corrected chi connectivity index (χ3v) is 3.64. The van der Waals surface area contributed by atoms with Crippen molar-refractivity contribution in [2.75, 3.05) is 11.9 Å². The highest BCUT2D eigenvalue weighted by Crippen LogP contribution is 2.31. The first kappa shape index (κ1) is 12.2. The molecule has 7 heteroatoms.